The maximum atomic E-state index is 5.06. The highest BCUT2D eigenvalue weighted by Crippen LogP contribution is 2.36. The van der Waals surface area contributed by atoms with E-state index in [0.717, 1.165) is 38.9 Å². The van der Waals surface area contributed by atoms with Gasteiger partial charge >= 0.3 is 0 Å². The summed E-state index contributed by atoms with van der Waals surface area (Å²) in [5.74, 6) is 1.90. The van der Waals surface area contributed by atoms with Crippen molar-refractivity contribution in [3.05, 3.63) is 158 Å². The molecule has 45 heavy (non-hydrogen) atoms. The predicted octanol–water partition coefficient (Wildman–Crippen LogP) is 10.5. The first-order valence-corrected chi connectivity index (χ1v) is 15.6. The molecular formula is C40H26N4S. The van der Waals surface area contributed by atoms with Crippen LogP contribution in [0.25, 0.3) is 76.9 Å². The lowest BCUT2D eigenvalue weighted by Crippen LogP contribution is -2.01. The minimum absolute atomic E-state index is 0.629. The van der Waals surface area contributed by atoms with E-state index in [2.05, 4.69) is 132 Å². The SMILES string of the molecule is c1ccc(-c2ccccc2-c2nc(-c3ccc(-c4cccnc4)cc3)nc(-c3ccc(-c4cc5ccccc5s4)cc3)n2)cc1. The third-order valence-corrected chi connectivity index (χ3v) is 9.04. The van der Waals surface area contributed by atoms with Crippen LogP contribution in [0.2, 0.25) is 0 Å². The minimum atomic E-state index is 0.629. The number of nitrogens with zero attached hydrogens (tertiary/aromatic N) is 4. The smallest absolute Gasteiger partial charge is 0.164 e. The van der Waals surface area contributed by atoms with Gasteiger partial charge in [0, 0.05) is 38.7 Å². The lowest BCUT2D eigenvalue weighted by Gasteiger charge is -2.12. The summed E-state index contributed by atoms with van der Waals surface area (Å²) in [6.45, 7) is 0. The molecule has 0 atom stereocenters. The molecule has 0 bridgehead atoms. The van der Waals surface area contributed by atoms with E-state index in [1.54, 1.807) is 17.5 Å². The Labute approximate surface area is 265 Å². The number of rotatable bonds is 6. The summed E-state index contributed by atoms with van der Waals surface area (Å²) in [6, 6.07) is 50.3. The first-order valence-electron chi connectivity index (χ1n) is 14.8. The van der Waals surface area contributed by atoms with E-state index < -0.39 is 0 Å². The summed E-state index contributed by atoms with van der Waals surface area (Å²) in [7, 11) is 0. The van der Waals surface area contributed by atoms with Crippen molar-refractivity contribution < 1.29 is 0 Å². The van der Waals surface area contributed by atoms with Gasteiger partial charge in [0.1, 0.15) is 0 Å². The molecule has 0 fully saturated rings. The molecule has 4 nitrogen and oxygen atoms in total. The average molecular weight is 595 g/mol. The van der Waals surface area contributed by atoms with Crippen LogP contribution in [0, 0.1) is 0 Å². The van der Waals surface area contributed by atoms with E-state index in [1.807, 2.05) is 24.4 Å². The summed E-state index contributed by atoms with van der Waals surface area (Å²) in [6.07, 6.45) is 3.66. The summed E-state index contributed by atoms with van der Waals surface area (Å²) < 4.78 is 1.29. The van der Waals surface area contributed by atoms with Crippen LogP contribution in [-0.2, 0) is 0 Å². The molecule has 5 aromatic carbocycles. The molecule has 0 unspecified atom stereocenters. The number of hydrogen-bond acceptors (Lipinski definition) is 5. The second-order valence-corrected chi connectivity index (χ2v) is 11.8. The normalized spacial score (nSPS) is 11.1. The maximum absolute atomic E-state index is 5.06. The fourth-order valence-corrected chi connectivity index (χ4v) is 6.62. The Hall–Kier alpha value is -5.78. The molecule has 0 N–H and O–H groups in total. The van der Waals surface area contributed by atoms with Crippen molar-refractivity contribution in [3.8, 4) is 66.9 Å². The summed E-state index contributed by atoms with van der Waals surface area (Å²) in [5, 5.41) is 1.26. The quantitative estimate of drug-likeness (QED) is 0.192. The van der Waals surface area contributed by atoms with Crippen molar-refractivity contribution in [2.75, 3.05) is 0 Å². The molecule has 0 spiro atoms. The Morgan fingerprint density at radius 3 is 1.67 bits per heavy atom. The zero-order chi connectivity index (χ0) is 30.0. The van der Waals surface area contributed by atoms with Crippen molar-refractivity contribution in [2.45, 2.75) is 0 Å². The summed E-state index contributed by atoms with van der Waals surface area (Å²) in [5.41, 5.74) is 8.35. The van der Waals surface area contributed by atoms with Crippen molar-refractivity contribution in [1.29, 1.82) is 0 Å². The maximum Gasteiger partial charge on any atom is 0.164 e. The lowest BCUT2D eigenvalue weighted by molar-refractivity contribution is 1.07. The zero-order valence-corrected chi connectivity index (χ0v) is 25.0. The molecule has 0 saturated heterocycles. The van der Waals surface area contributed by atoms with E-state index in [9.17, 15) is 0 Å². The second-order valence-electron chi connectivity index (χ2n) is 10.8. The van der Waals surface area contributed by atoms with Crippen molar-refractivity contribution in [2.24, 2.45) is 0 Å². The monoisotopic (exact) mass is 594 g/mol. The van der Waals surface area contributed by atoms with Crippen LogP contribution in [0.3, 0.4) is 0 Å². The molecule has 5 heteroatoms. The first kappa shape index (κ1) is 26.8. The third-order valence-electron chi connectivity index (χ3n) is 7.88. The molecular weight excluding hydrogens is 569 g/mol. The summed E-state index contributed by atoms with van der Waals surface area (Å²) in [4.78, 5) is 20.6. The van der Waals surface area contributed by atoms with Crippen LogP contribution < -0.4 is 0 Å². The molecule has 212 valence electrons. The lowest BCUT2D eigenvalue weighted by atomic mass is 9.99. The predicted molar refractivity (Wildman–Crippen MR) is 186 cm³/mol. The van der Waals surface area contributed by atoms with Crippen LogP contribution in [-0.4, -0.2) is 19.9 Å². The average Bonchev–Trinajstić information content (AvgIpc) is 3.57. The van der Waals surface area contributed by atoms with Gasteiger partial charge in [0.05, 0.1) is 0 Å². The topological polar surface area (TPSA) is 51.6 Å². The zero-order valence-electron chi connectivity index (χ0n) is 24.2. The molecule has 8 aromatic rings. The van der Waals surface area contributed by atoms with Gasteiger partial charge in [-0.05, 0) is 51.4 Å². The number of aromatic nitrogens is 4. The molecule has 0 aliphatic rings. The van der Waals surface area contributed by atoms with E-state index >= 15 is 0 Å². The number of fused-ring (bicyclic) bond motifs is 1. The number of benzene rings is 5. The van der Waals surface area contributed by atoms with Gasteiger partial charge in [0.15, 0.2) is 17.5 Å². The van der Waals surface area contributed by atoms with Crippen LogP contribution in [0.15, 0.2) is 158 Å². The van der Waals surface area contributed by atoms with Gasteiger partial charge in [0.2, 0.25) is 0 Å². The van der Waals surface area contributed by atoms with E-state index in [4.69, 9.17) is 15.0 Å². The molecule has 0 aliphatic heterocycles. The number of hydrogen-bond donors (Lipinski definition) is 0. The van der Waals surface area contributed by atoms with Gasteiger partial charge in [-0.15, -0.1) is 11.3 Å². The molecule has 8 rings (SSSR count). The minimum Gasteiger partial charge on any atom is -0.264 e. The molecule has 0 saturated carbocycles. The van der Waals surface area contributed by atoms with Crippen LogP contribution in [0.4, 0.5) is 0 Å². The van der Waals surface area contributed by atoms with Crippen LogP contribution in [0.1, 0.15) is 0 Å². The molecule has 3 heterocycles. The van der Waals surface area contributed by atoms with E-state index in [-0.39, 0.29) is 0 Å². The highest BCUT2D eigenvalue weighted by atomic mass is 32.1. The fraction of sp³-hybridized carbons (Fsp3) is 0. The molecule has 0 radical (unpaired) electrons. The number of pyridine rings is 1. The van der Waals surface area contributed by atoms with E-state index in [1.165, 1.54) is 20.5 Å². The highest BCUT2D eigenvalue weighted by Gasteiger charge is 2.16. The largest absolute Gasteiger partial charge is 0.264 e. The van der Waals surface area contributed by atoms with Crippen molar-refractivity contribution in [3.63, 3.8) is 0 Å². The summed E-state index contributed by atoms with van der Waals surface area (Å²) >= 11 is 1.81. The van der Waals surface area contributed by atoms with Crippen molar-refractivity contribution >= 4 is 21.4 Å². The Bertz CT molecular complexity index is 2210. The van der Waals surface area contributed by atoms with Gasteiger partial charge in [-0.25, -0.2) is 15.0 Å². The van der Waals surface area contributed by atoms with Gasteiger partial charge in [0.25, 0.3) is 0 Å². The highest BCUT2D eigenvalue weighted by molar-refractivity contribution is 7.22. The van der Waals surface area contributed by atoms with Gasteiger partial charge in [-0.2, -0.15) is 0 Å². The standard InChI is InChI=1S/C40H26N4S/c1-2-9-28(10-3-1)34-13-5-6-14-35(34)40-43-38(30-20-16-27(17-21-30)33-12-8-24-41-26-33)42-39(44-40)31-22-18-29(19-23-31)37-25-32-11-4-7-15-36(32)45-37/h1-26H. The Morgan fingerprint density at radius 1 is 0.400 bits per heavy atom. The fourth-order valence-electron chi connectivity index (χ4n) is 5.56. The Kier molecular flexibility index (Phi) is 6.98. The first-order chi connectivity index (χ1) is 22.3. The van der Waals surface area contributed by atoms with Gasteiger partial charge < -0.3 is 0 Å². The van der Waals surface area contributed by atoms with E-state index in [0.29, 0.717) is 17.5 Å². The molecule has 0 amide bonds. The van der Waals surface area contributed by atoms with Crippen LogP contribution >= 0.6 is 11.3 Å². The number of thiophene rings is 1. The third kappa shape index (κ3) is 5.42. The van der Waals surface area contributed by atoms with Crippen molar-refractivity contribution in [1.82, 2.24) is 19.9 Å². The Morgan fingerprint density at radius 2 is 0.978 bits per heavy atom. The van der Waals surface area contributed by atoms with Gasteiger partial charge in [-0.1, -0.05) is 127 Å². The second kappa shape index (κ2) is 11.7. The Balaban J connectivity index is 1.23. The molecule has 0 aliphatic carbocycles. The van der Waals surface area contributed by atoms with Crippen LogP contribution in [0.5, 0.6) is 0 Å². The molecule has 3 aromatic heterocycles. The van der Waals surface area contributed by atoms with Gasteiger partial charge in [-0.3, -0.25) is 4.98 Å².